The number of hydrogen-bond acceptors (Lipinski definition) is 2. The molecule has 1 fully saturated rings. The van der Waals surface area contributed by atoms with Crippen molar-refractivity contribution in [1.82, 2.24) is 0 Å². The number of benzene rings is 1. The second-order valence-corrected chi connectivity index (χ2v) is 4.93. The minimum absolute atomic E-state index is 0.0980. The summed E-state index contributed by atoms with van der Waals surface area (Å²) in [7, 11) is 0. The molecule has 0 aromatic heterocycles. The van der Waals surface area contributed by atoms with Gasteiger partial charge in [0.05, 0.1) is 6.42 Å². The van der Waals surface area contributed by atoms with E-state index in [0.29, 0.717) is 0 Å². The van der Waals surface area contributed by atoms with Gasteiger partial charge in [0.25, 0.3) is 0 Å². The molecule has 1 aliphatic carbocycles. The second kappa shape index (κ2) is 4.40. The van der Waals surface area contributed by atoms with Crippen LogP contribution in [0.1, 0.15) is 36.8 Å². The summed E-state index contributed by atoms with van der Waals surface area (Å²) >= 11 is 0. The van der Waals surface area contributed by atoms with Gasteiger partial charge in [-0.2, -0.15) is 0 Å². The molecule has 1 aromatic rings. The minimum Gasteiger partial charge on any atom is -0.486 e. The molecule has 2 rings (SSSR count). The van der Waals surface area contributed by atoms with Gasteiger partial charge in [-0.3, -0.25) is 4.79 Å². The van der Waals surface area contributed by atoms with E-state index in [2.05, 4.69) is 0 Å². The van der Waals surface area contributed by atoms with E-state index in [1.807, 2.05) is 32.0 Å². The van der Waals surface area contributed by atoms with E-state index in [-0.39, 0.29) is 6.42 Å². The largest absolute Gasteiger partial charge is 0.486 e. The van der Waals surface area contributed by atoms with Crippen LogP contribution in [0.25, 0.3) is 0 Å². The van der Waals surface area contributed by atoms with E-state index >= 15 is 0 Å². The Morgan fingerprint density at radius 1 is 1.35 bits per heavy atom. The first kappa shape index (κ1) is 12.0. The SMILES string of the molecule is Cc1cccc(C)c1OC1(CC(=O)O)CCC1. The van der Waals surface area contributed by atoms with Crippen molar-refractivity contribution in [3.63, 3.8) is 0 Å². The van der Waals surface area contributed by atoms with Crippen LogP contribution in [-0.2, 0) is 4.79 Å². The van der Waals surface area contributed by atoms with Gasteiger partial charge < -0.3 is 9.84 Å². The fourth-order valence-electron chi connectivity index (χ4n) is 2.34. The molecule has 17 heavy (non-hydrogen) atoms. The summed E-state index contributed by atoms with van der Waals surface area (Å²) in [6.45, 7) is 3.99. The topological polar surface area (TPSA) is 46.5 Å². The molecule has 92 valence electrons. The van der Waals surface area contributed by atoms with Crippen molar-refractivity contribution in [2.24, 2.45) is 0 Å². The van der Waals surface area contributed by atoms with Crippen LogP contribution in [-0.4, -0.2) is 16.7 Å². The Morgan fingerprint density at radius 3 is 2.35 bits per heavy atom. The first-order chi connectivity index (χ1) is 8.02. The van der Waals surface area contributed by atoms with Gasteiger partial charge in [0.2, 0.25) is 0 Å². The van der Waals surface area contributed by atoms with Gasteiger partial charge in [-0.05, 0) is 44.2 Å². The molecule has 0 bridgehead atoms. The molecule has 3 nitrogen and oxygen atoms in total. The molecule has 1 N–H and O–H groups in total. The summed E-state index contributed by atoms with van der Waals surface area (Å²) in [4.78, 5) is 10.9. The fourth-order valence-corrected chi connectivity index (χ4v) is 2.34. The summed E-state index contributed by atoms with van der Waals surface area (Å²) in [5.41, 5.74) is 1.67. The van der Waals surface area contributed by atoms with Gasteiger partial charge in [0.1, 0.15) is 11.4 Å². The Balaban J connectivity index is 2.21. The van der Waals surface area contributed by atoms with E-state index in [1.165, 1.54) is 0 Å². The number of para-hydroxylation sites is 1. The molecule has 1 aromatic carbocycles. The molecule has 0 unspecified atom stereocenters. The van der Waals surface area contributed by atoms with Crippen LogP contribution in [0.2, 0.25) is 0 Å². The Morgan fingerprint density at radius 2 is 1.94 bits per heavy atom. The van der Waals surface area contributed by atoms with Crippen LogP contribution in [0.4, 0.5) is 0 Å². The summed E-state index contributed by atoms with van der Waals surface area (Å²) in [6, 6.07) is 5.98. The van der Waals surface area contributed by atoms with E-state index in [1.54, 1.807) is 0 Å². The first-order valence-electron chi connectivity index (χ1n) is 5.99. The molecular weight excluding hydrogens is 216 g/mol. The van der Waals surface area contributed by atoms with Crippen LogP contribution in [0.15, 0.2) is 18.2 Å². The predicted octanol–water partition coefficient (Wildman–Crippen LogP) is 3.08. The highest BCUT2D eigenvalue weighted by Crippen LogP contribution is 2.41. The molecule has 0 spiro atoms. The van der Waals surface area contributed by atoms with Crippen molar-refractivity contribution < 1.29 is 14.6 Å². The van der Waals surface area contributed by atoms with Crippen LogP contribution < -0.4 is 4.74 Å². The van der Waals surface area contributed by atoms with Crippen LogP contribution >= 0.6 is 0 Å². The highest BCUT2D eigenvalue weighted by molar-refractivity contribution is 5.68. The Labute approximate surface area is 101 Å². The molecule has 0 atom stereocenters. The molecule has 0 heterocycles. The summed E-state index contributed by atoms with van der Waals surface area (Å²) in [6.07, 6.45) is 2.83. The number of ether oxygens (including phenoxy) is 1. The molecular formula is C14H18O3. The van der Waals surface area contributed by atoms with Gasteiger partial charge in [-0.1, -0.05) is 18.2 Å². The van der Waals surface area contributed by atoms with Gasteiger partial charge in [0, 0.05) is 0 Å². The highest BCUT2D eigenvalue weighted by Gasteiger charge is 2.41. The molecule has 0 radical (unpaired) electrons. The summed E-state index contributed by atoms with van der Waals surface area (Å²) in [5.74, 6) is 0.0735. The molecule has 3 heteroatoms. The minimum atomic E-state index is -0.782. The van der Waals surface area contributed by atoms with Crippen molar-refractivity contribution in [2.45, 2.75) is 45.1 Å². The van der Waals surface area contributed by atoms with Gasteiger partial charge >= 0.3 is 5.97 Å². The van der Waals surface area contributed by atoms with Crippen molar-refractivity contribution in [1.29, 1.82) is 0 Å². The number of carboxylic acids is 1. The quantitative estimate of drug-likeness (QED) is 0.870. The average Bonchev–Trinajstić information content (AvgIpc) is 2.19. The van der Waals surface area contributed by atoms with Gasteiger partial charge in [-0.25, -0.2) is 0 Å². The Hall–Kier alpha value is -1.51. The third kappa shape index (κ3) is 2.43. The van der Waals surface area contributed by atoms with Crippen LogP contribution in [0, 0.1) is 13.8 Å². The molecule has 0 saturated heterocycles. The summed E-state index contributed by atoms with van der Waals surface area (Å²) < 4.78 is 6.03. The molecule has 1 saturated carbocycles. The number of aliphatic carboxylic acids is 1. The van der Waals surface area contributed by atoms with Crippen LogP contribution in [0.5, 0.6) is 5.75 Å². The zero-order chi connectivity index (χ0) is 12.5. The highest BCUT2D eigenvalue weighted by atomic mass is 16.5. The lowest BCUT2D eigenvalue weighted by Crippen LogP contribution is -2.45. The number of carbonyl (C=O) groups is 1. The number of aryl methyl sites for hydroxylation is 2. The first-order valence-corrected chi connectivity index (χ1v) is 5.99. The smallest absolute Gasteiger partial charge is 0.307 e. The van der Waals surface area contributed by atoms with Gasteiger partial charge in [-0.15, -0.1) is 0 Å². The Bertz CT molecular complexity index is 413. The summed E-state index contributed by atoms with van der Waals surface area (Å²) in [5, 5.41) is 8.95. The molecule has 0 aliphatic heterocycles. The number of carboxylic acid groups (broad SMARTS) is 1. The lowest BCUT2D eigenvalue weighted by molar-refractivity contribution is -0.144. The van der Waals surface area contributed by atoms with Crippen molar-refractivity contribution in [2.75, 3.05) is 0 Å². The standard InChI is InChI=1S/C14H18O3/c1-10-5-3-6-11(2)13(10)17-14(7-4-8-14)9-12(15)16/h3,5-6H,4,7-9H2,1-2H3,(H,15,16). The maximum atomic E-state index is 10.9. The van der Waals surface area contributed by atoms with E-state index in [9.17, 15) is 4.79 Å². The van der Waals surface area contributed by atoms with Crippen molar-refractivity contribution in [3.05, 3.63) is 29.3 Å². The lowest BCUT2D eigenvalue weighted by Gasteiger charge is -2.41. The number of hydrogen-bond donors (Lipinski definition) is 1. The average molecular weight is 234 g/mol. The lowest BCUT2D eigenvalue weighted by atomic mass is 9.77. The maximum Gasteiger partial charge on any atom is 0.307 e. The van der Waals surface area contributed by atoms with Crippen molar-refractivity contribution >= 4 is 5.97 Å². The normalized spacial score (nSPS) is 17.3. The third-order valence-electron chi connectivity index (χ3n) is 3.47. The van der Waals surface area contributed by atoms with Gasteiger partial charge in [0.15, 0.2) is 0 Å². The van der Waals surface area contributed by atoms with Crippen molar-refractivity contribution in [3.8, 4) is 5.75 Å². The van der Waals surface area contributed by atoms with E-state index in [0.717, 1.165) is 36.1 Å². The number of rotatable bonds is 4. The molecule has 1 aliphatic rings. The van der Waals surface area contributed by atoms with E-state index < -0.39 is 11.6 Å². The zero-order valence-corrected chi connectivity index (χ0v) is 10.3. The third-order valence-corrected chi connectivity index (χ3v) is 3.47. The van der Waals surface area contributed by atoms with E-state index in [4.69, 9.17) is 9.84 Å². The fraction of sp³-hybridized carbons (Fsp3) is 0.500. The monoisotopic (exact) mass is 234 g/mol. The molecule has 0 amide bonds. The zero-order valence-electron chi connectivity index (χ0n) is 10.3. The Kier molecular flexibility index (Phi) is 3.09. The van der Waals surface area contributed by atoms with Crippen LogP contribution in [0.3, 0.4) is 0 Å². The second-order valence-electron chi connectivity index (χ2n) is 4.93. The maximum absolute atomic E-state index is 10.9. The predicted molar refractivity (Wildman–Crippen MR) is 65.4 cm³/mol.